The van der Waals surface area contributed by atoms with Gasteiger partial charge >= 0.3 is 0 Å². The predicted octanol–water partition coefficient (Wildman–Crippen LogP) is 4.29. The molecule has 1 N–H and O–H groups in total. The first kappa shape index (κ1) is 12.7. The van der Waals surface area contributed by atoms with Crippen molar-refractivity contribution in [1.82, 2.24) is 5.32 Å². The molecule has 1 unspecified atom stereocenters. The third-order valence-electron chi connectivity index (χ3n) is 2.70. The SMILES string of the molecule is CCCCCC(NCC)c1csc(C)c1. The van der Waals surface area contributed by atoms with Crippen LogP contribution in [0.25, 0.3) is 0 Å². The van der Waals surface area contributed by atoms with Gasteiger partial charge in [0.1, 0.15) is 0 Å². The van der Waals surface area contributed by atoms with E-state index in [-0.39, 0.29) is 0 Å². The maximum atomic E-state index is 3.58. The fourth-order valence-electron chi connectivity index (χ4n) is 1.88. The molecular formula is C13H23NS. The standard InChI is InChI=1S/C13H23NS/c1-4-6-7-8-13(14-5-2)12-9-11(3)15-10-12/h9-10,13-14H,4-8H2,1-3H3. The van der Waals surface area contributed by atoms with Gasteiger partial charge < -0.3 is 5.32 Å². The summed E-state index contributed by atoms with van der Waals surface area (Å²) < 4.78 is 0. The van der Waals surface area contributed by atoms with Crippen LogP contribution < -0.4 is 5.32 Å². The third kappa shape index (κ3) is 4.35. The molecule has 0 aliphatic rings. The molecule has 1 atom stereocenters. The second-order valence-electron chi connectivity index (χ2n) is 4.10. The molecule has 0 radical (unpaired) electrons. The first-order valence-corrected chi connectivity index (χ1v) is 6.94. The maximum absolute atomic E-state index is 3.58. The second kappa shape index (κ2) is 7.02. The van der Waals surface area contributed by atoms with Gasteiger partial charge in [0.15, 0.2) is 0 Å². The monoisotopic (exact) mass is 225 g/mol. The van der Waals surface area contributed by atoms with Crippen molar-refractivity contribution < 1.29 is 0 Å². The Morgan fingerprint density at radius 1 is 1.33 bits per heavy atom. The van der Waals surface area contributed by atoms with Crippen LogP contribution in [0.1, 0.15) is 56.0 Å². The van der Waals surface area contributed by atoms with Crippen LogP contribution in [0.2, 0.25) is 0 Å². The summed E-state index contributed by atoms with van der Waals surface area (Å²) >= 11 is 1.86. The van der Waals surface area contributed by atoms with Gasteiger partial charge in [-0.3, -0.25) is 0 Å². The van der Waals surface area contributed by atoms with Crippen molar-refractivity contribution in [2.45, 2.75) is 52.5 Å². The van der Waals surface area contributed by atoms with Crippen LogP contribution in [0.4, 0.5) is 0 Å². The Kier molecular flexibility index (Phi) is 5.96. The highest BCUT2D eigenvalue weighted by atomic mass is 32.1. The molecule has 1 heterocycles. The van der Waals surface area contributed by atoms with E-state index < -0.39 is 0 Å². The summed E-state index contributed by atoms with van der Waals surface area (Å²) in [4.78, 5) is 1.42. The van der Waals surface area contributed by atoms with Crippen LogP contribution in [-0.4, -0.2) is 6.54 Å². The molecule has 0 saturated heterocycles. The van der Waals surface area contributed by atoms with Crippen molar-refractivity contribution in [2.75, 3.05) is 6.54 Å². The molecular weight excluding hydrogens is 202 g/mol. The van der Waals surface area contributed by atoms with Crippen LogP contribution in [0, 0.1) is 6.92 Å². The normalized spacial score (nSPS) is 13.0. The topological polar surface area (TPSA) is 12.0 Å². The molecule has 1 nitrogen and oxygen atoms in total. The number of unbranched alkanes of at least 4 members (excludes halogenated alkanes) is 2. The van der Waals surface area contributed by atoms with E-state index in [1.54, 1.807) is 0 Å². The fraction of sp³-hybridized carbons (Fsp3) is 0.692. The molecule has 0 aliphatic carbocycles. The molecule has 0 aliphatic heterocycles. The van der Waals surface area contributed by atoms with Gasteiger partial charge in [-0.1, -0.05) is 33.1 Å². The van der Waals surface area contributed by atoms with Gasteiger partial charge in [0.2, 0.25) is 0 Å². The molecule has 0 bridgehead atoms. The lowest BCUT2D eigenvalue weighted by Gasteiger charge is -2.16. The molecule has 0 spiro atoms. The van der Waals surface area contributed by atoms with Crippen molar-refractivity contribution in [3.63, 3.8) is 0 Å². The van der Waals surface area contributed by atoms with Gasteiger partial charge in [-0.05, 0) is 36.9 Å². The summed E-state index contributed by atoms with van der Waals surface area (Å²) in [7, 11) is 0. The number of rotatable bonds is 7. The number of thiophene rings is 1. The van der Waals surface area contributed by atoms with Crippen LogP contribution in [0.3, 0.4) is 0 Å². The first-order valence-electron chi connectivity index (χ1n) is 6.06. The average molecular weight is 225 g/mol. The Balaban J connectivity index is 2.49. The Bertz CT molecular complexity index is 267. The lowest BCUT2D eigenvalue weighted by atomic mass is 10.0. The molecule has 86 valence electrons. The van der Waals surface area contributed by atoms with Gasteiger partial charge in [0.05, 0.1) is 0 Å². The minimum absolute atomic E-state index is 0.575. The average Bonchev–Trinajstić information content (AvgIpc) is 2.64. The summed E-state index contributed by atoms with van der Waals surface area (Å²) in [6.07, 6.45) is 5.27. The van der Waals surface area contributed by atoms with E-state index in [1.807, 2.05) is 11.3 Å². The van der Waals surface area contributed by atoms with E-state index >= 15 is 0 Å². The predicted molar refractivity (Wildman–Crippen MR) is 69.6 cm³/mol. The number of hydrogen-bond acceptors (Lipinski definition) is 2. The zero-order valence-electron chi connectivity index (χ0n) is 10.2. The quantitative estimate of drug-likeness (QED) is 0.683. The summed E-state index contributed by atoms with van der Waals surface area (Å²) in [5.41, 5.74) is 1.48. The molecule has 0 saturated carbocycles. The van der Waals surface area contributed by atoms with Crippen molar-refractivity contribution >= 4 is 11.3 Å². The number of aryl methyl sites for hydroxylation is 1. The summed E-state index contributed by atoms with van der Waals surface area (Å²) in [5.74, 6) is 0. The van der Waals surface area contributed by atoms with Crippen molar-refractivity contribution in [3.8, 4) is 0 Å². The highest BCUT2D eigenvalue weighted by molar-refractivity contribution is 7.10. The van der Waals surface area contributed by atoms with E-state index in [2.05, 4.69) is 37.5 Å². The molecule has 1 aromatic rings. The molecule has 15 heavy (non-hydrogen) atoms. The Morgan fingerprint density at radius 3 is 2.67 bits per heavy atom. The van der Waals surface area contributed by atoms with Crippen molar-refractivity contribution in [3.05, 3.63) is 21.9 Å². The van der Waals surface area contributed by atoms with Gasteiger partial charge in [0, 0.05) is 10.9 Å². The molecule has 0 fully saturated rings. The minimum atomic E-state index is 0.575. The van der Waals surface area contributed by atoms with Gasteiger partial charge in [0.25, 0.3) is 0 Å². The fourth-order valence-corrected chi connectivity index (χ4v) is 2.64. The van der Waals surface area contributed by atoms with E-state index in [4.69, 9.17) is 0 Å². The van der Waals surface area contributed by atoms with Crippen LogP contribution in [-0.2, 0) is 0 Å². The van der Waals surface area contributed by atoms with E-state index in [9.17, 15) is 0 Å². The number of hydrogen-bond donors (Lipinski definition) is 1. The van der Waals surface area contributed by atoms with Gasteiger partial charge in [-0.2, -0.15) is 0 Å². The number of nitrogens with one attached hydrogen (secondary N) is 1. The van der Waals surface area contributed by atoms with Crippen molar-refractivity contribution in [2.24, 2.45) is 0 Å². The highest BCUT2D eigenvalue weighted by Gasteiger charge is 2.10. The summed E-state index contributed by atoms with van der Waals surface area (Å²) in [6.45, 7) is 7.69. The Hall–Kier alpha value is -0.340. The van der Waals surface area contributed by atoms with E-state index in [1.165, 1.54) is 36.1 Å². The molecule has 0 amide bonds. The van der Waals surface area contributed by atoms with E-state index in [0.29, 0.717) is 6.04 Å². The highest BCUT2D eigenvalue weighted by Crippen LogP contribution is 2.24. The van der Waals surface area contributed by atoms with Crippen LogP contribution >= 0.6 is 11.3 Å². The van der Waals surface area contributed by atoms with E-state index in [0.717, 1.165) is 6.54 Å². The largest absolute Gasteiger partial charge is 0.310 e. The summed E-state index contributed by atoms with van der Waals surface area (Å²) in [5, 5.41) is 5.88. The Labute approximate surface area is 97.9 Å². The molecule has 2 heteroatoms. The van der Waals surface area contributed by atoms with Crippen LogP contribution in [0.15, 0.2) is 11.4 Å². The molecule has 1 rings (SSSR count). The third-order valence-corrected chi connectivity index (χ3v) is 3.58. The Morgan fingerprint density at radius 2 is 2.13 bits per heavy atom. The first-order chi connectivity index (χ1) is 7.27. The lowest BCUT2D eigenvalue weighted by Crippen LogP contribution is -2.20. The zero-order chi connectivity index (χ0) is 11.1. The summed E-state index contributed by atoms with van der Waals surface area (Å²) in [6, 6.07) is 2.90. The lowest BCUT2D eigenvalue weighted by molar-refractivity contribution is 0.487. The van der Waals surface area contributed by atoms with Crippen LogP contribution in [0.5, 0.6) is 0 Å². The molecule has 1 aromatic heterocycles. The van der Waals surface area contributed by atoms with Gasteiger partial charge in [-0.15, -0.1) is 11.3 Å². The zero-order valence-corrected chi connectivity index (χ0v) is 11.0. The van der Waals surface area contributed by atoms with Crippen molar-refractivity contribution in [1.29, 1.82) is 0 Å². The second-order valence-corrected chi connectivity index (χ2v) is 5.21. The van der Waals surface area contributed by atoms with Gasteiger partial charge in [-0.25, -0.2) is 0 Å². The maximum Gasteiger partial charge on any atom is 0.0328 e. The smallest absolute Gasteiger partial charge is 0.0328 e. The molecule has 0 aromatic carbocycles. The minimum Gasteiger partial charge on any atom is -0.310 e.